The Morgan fingerprint density at radius 1 is 1.57 bits per heavy atom. The molecule has 0 spiro atoms. The smallest absolute Gasteiger partial charge is 0.120 e. The zero-order valence-corrected chi connectivity index (χ0v) is 9.17. The van der Waals surface area contributed by atoms with Gasteiger partial charge in [0.1, 0.15) is 11.8 Å². The highest BCUT2D eigenvalue weighted by atomic mass is 35.5. The van der Waals surface area contributed by atoms with Gasteiger partial charge in [-0.15, -0.1) is 11.6 Å². The number of aryl methyl sites for hydroxylation is 1. The van der Waals surface area contributed by atoms with Crippen molar-refractivity contribution in [2.75, 3.05) is 5.88 Å². The molecule has 0 saturated carbocycles. The van der Waals surface area contributed by atoms with E-state index in [9.17, 15) is 0 Å². The van der Waals surface area contributed by atoms with Gasteiger partial charge in [0, 0.05) is 18.6 Å². The van der Waals surface area contributed by atoms with Crippen LogP contribution in [0.25, 0.3) is 0 Å². The Hall–Kier alpha value is -0.940. The van der Waals surface area contributed by atoms with Gasteiger partial charge in [-0.2, -0.15) is 5.26 Å². The summed E-state index contributed by atoms with van der Waals surface area (Å²) in [5, 5.41) is 8.78. The maximum Gasteiger partial charge on any atom is 0.120 e. The first-order valence-electron chi connectivity index (χ1n) is 4.89. The number of halogens is 1. The fourth-order valence-corrected chi connectivity index (χ4v) is 1.77. The number of hydrogen-bond donors (Lipinski definition) is 0. The molecule has 0 saturated heterocycles. The third kappa shape index (κ3) is 3.08. The van der Waals surface area contributed by atoms with Crippen molar-refractivity contribution in [2.45, 2.75) is 26.3 Å². The van der Waals surface area contributed by atoms with Gasteiger partial charge in [-0.3, -0.25) is 0 Å². The van der Waals surface area contributed by atoms with Gasteiger partial charge >= 0.3 is 0 Å². The van der Waals surface area contributed by atoms with E-state index in [-0.39, 0.29) is 0 Å². The Kier molecular flexibility index (Phi) is 4.55. The van der Waals surface area contributed by atoms with E-state index in [4.69, 9.17) is 16.9 Å². The van der Waals surface area contributed by atoms with Crippen LogP contribution in [0.1, 0.15) is 25.5 Å². The van der Waals surface area contributed by atoms with Crippen LogP contribution in [0.3, 0.4) is 0 Å². The summed E-state index contributed by atoms with van der Waals surface area (Å²) in [6.45, 7) is 3.10. The molecule has 0 aliphatic heterocycles. The van der Waals surface area contributed by atoms with Crippen LogP contribution in [0.2, 0.25) is 0 Å². The van der Waals surface area contributed by atoms with Gasteiger partial charge in [-0.05, 0) is 30.9 Å². The zero-order valence-electron chi connectivity index (χ0n) is 8.41. The van der Waals surface area contributed by atoms with Gasteiger partial charge in [0.15, 0.2) is 0 Å². The van der Waals surface area contributed by atoms with Gasteiger partial charge < -0.3 is 4.57 Å². The monoisotopic (exact) mass is 210 g/mol. The molecule has 0 amide bonds. The standard InChI is InChI=1S/C11H15ClN2/c1-10(4-6-12)5-8-14-7-2-3-11(14)9-13/h2-3,7,10H,4-6,8H2,1H3. The molecule has 1 aromatic heterocycles. The average molecular weight is 211 g/mol. The van der Waals surface area contributed by atoms with E-state index < -0.39 is 0 Å². The zero-order chi connectivity index (χ0) is 10.4. The average Bonchev–Trinajstić information content (AvgIpc) is 2.62. The summed E-state index contributed by atoms with van der Waals surface area (Å²) in [5.74, 6) is 1.35. The summed E-state index contributed by atoms with van der Waals surface area (Å²) in [4.78, 5) is 0. The van der Waals surface area contributed by atoms with Crippen molar-refractivity contribution in [3.8, 4) is 6.07 Å². The molecular formula is C11H15ClN2. The summed E-state index contributed by atoms with van der Waals surface area (Å²) >= 11 is 5.66. The van der Waals surface area contributed by atoms with Gasteiger partial charge in [-0.25, -0.2) is 0 Å². The number of nitrogens with zero attached hydrogens (tertiary/aromatic N) is 2. The quantitative estimate of drug-likeness (QED) is 0.687. The van der Waals surface area contributed by atoms with Crippen LogP contribution in [-0.4, -0.2) is 10.4 Å². The number of alkyl halides is 1. The van der Waals surface area contributed by atoms with Crippen molar-refractivity contribution in [1.29, 1.82) is 5.26 Å². The van der Waals surface area contributed by atoms with Crippen LogP contribution in [0, 0.1) is 17.2 Å². The van der Waals surface area contributed by atoms with Crippen molar-refractivity contribution in [1.82, 2.24) is 4.57 Å². The molecule has 1 atom stereocenters. The van der Waals surface area contributed by atoms with Crippen molar-refractivity contribution >= 4 is 11.6 Å². The third-order valence-electron chi connectivity index (χ3n) is 2.41. The number of hydrogen-bond acceptors (Lipinski definition) is 1. The molecular weight excluding hydrogens is 196 g/mol. The van der Waals surface area contributed by atoms with Crippen LogP contribution < -0.4 is 0 Å². The largest absolute Gasteiger partial charge is 0.339 e. The van der Waals surface area contributed by atoms with E-state index in [0.717, 1.165) is 31.0 Å². The highest BCUT2D eigenvalue weighted by Gasteiger charge is 2.03. The Morgan fingerprint density at radius 3 is 3.00 bits per heavy atom. The van der Waals surface area contributed by atoms with Gasteiger partial charge in [0.05, 0.1) is 0 Å². The fourth-order valence-electron chi connectivity index (χ4n) is 1.40. The minimum Gasteiger partial charge on any atom is -0.339 e. The van der Waals surface area contributed by atoms with E-state index in [0.29, 0.717) is 5.92 Å². The van der Waals surface area contributed by atoms with E-state index in [1.807, 2.05) is 22.9 Å². The van der Waals surface area contributed by atoms with Crippen LogP contribution in [0.15, 0.2) is 18.3 Å². The molecule has 0 aliphatic rings. The predicted molar refractivity (Wildman–Crippen MR) is 58.3 cm³/mol. The molecule has 76 valence electrons. The number of aromatic nitrogens is 1. The fraction of sp³-hybridized carbons (Fsp3) is 0.545. The van der Waals surface area contributed by atoms with Gasteiger partial charge in [0.2, 0.25) is 0 Å². The molecule has 2 nitrogen and oxygen atoms in total. The van der Waals surface area contributed by atoms with E-state index in [2.05, 4.69) is 13.0 Å². The summed E-state index contributed by atoms with van der Waals surface area (Å²) in [5.41, 5.74) is 0.739. The lowest BCUT2D eigenvalue weighted by atomic mass is 10.1. The highest BCUT2D eigenvalue weighted by molar-refractivity contribution is 6.17. The molecule has 1 rings (SSSR count). The first kappa shape index (κ1) is 11.1. The summed E-state index contributed by atoms with van der Waals surface area (Å²) in [6.07, 6.45) is 4.08. The van der Waals surface area contributed by atoms with E-state index in [1.165, 1.54) is 0 Å². The first-order valence-corrected chi connectivity index (χ1v) is 5.42. The summed E-state index contributed by atoms with van der Waals surface area (Å²) in [6, 6.07) is 5.92. The van der Waals surface area contributed by atoms with Gasteiger partial charge in [-0.1, -0.05) is 6.92 Å². The SMILES string of the molecule is CC(CCCl)CCn1cccc1C#N. The molecule has 0 fully saturated rings. The molecule has 0 radical (unpaired) electrons. The number of nitriles is 1. The van der Waals surface area contributed by atoms with Gasteiger partial charge in [0.25, 0.3) is 0 Å². The molecule has 3 heteroatoms. The molecule has 0 bridgehead atoms. The Morgan fingerprint density at radius 2 is 2.36 bits per heavy atom. The van der Waals surface area contributed by atoms with Crippen LogP contribution in [0.4, 0.5) is 0 Å². The molecule has 1 heterocycles. The maximum absolute atomic E-state index is 8.78. The minimum absolute atomic E-state index is 0.626. The molecule has 0 aliphatic carbocycles. The highest BCUT2D eigenvalue weighted by Crippen LogP contribution is 2.11. The van der Waals surface area contributed by atoms with Crippen LogP contribution in [0.5, 0.6) is 0 Å². The molecule has 14 heavy (non-hydrogen) atoms. The van der Waals surface area contributed by atoms with E-state index in [1.54, 1.807) is 0 Å². The van der Waals surface area contributed by atoms with Crippen molar-refractivity contribution < 1.29 is 0 Å². The van der Waals surface area contributed by atoms with Crippen molar-refractivity contribution in [3.63, 3.8) is 0 Å². The molecule has 1 aromatic rings. The lowest BCUT2D eigenvalue weighted by Gasteiger charge is -2.10. The number of rotatable bonds is 5. The minimum atomic E-state index is 0.626. The van der Waals surface area contributed by atoms with Crippen LogP contribution in [-0.2, 0) is 6.54 Å². The molecule has 0 aromatic carbocycles. The molecule has 0 N–H and O–H groups in total. The predicted octanol–water partition coefficient (Wildman–Crippen LogP) is 3.01. The van der Waals surface area contributed by atoms with E-state index >= 15 is 0 Å². The first-order chi connectivity index (χ1) is 6.77. The normalized spacial score (nSPS) is 12.4. The Bertz CT molecular complexity index is 311. The summed E-state index contributed by atoms with van der Waals surface area (Å²) < 4.78 is 1.99. The maximum atomic E-state index is 8.78. The summed E-state index contributed by atoms with van der Waals surface area (Å²) in [7, 11) is 0. The molecule has 1 unspecified atom stereocenters. The van der Waals surface area contributed by atoms with Crippen molar-refractivity contribution in [2.24, 2.45) is 5.92 Å². The lowest BCUT2D eigenvalue weighted by Crippen LogP contribution is -2.04. The topological polar surface area (TPSA) is 28.7 Å². The lowest BCUT2D eigenvalue weighted by molar-refractivity contribution is 0.470. The second-order valence-electron chi connectivity index (χ2n) is 3.57. The third-order valence-corrected chi connectivity index (χ3v) is 2.63. The second kappa shape index (κ2) is 5.72. The van der Waals surface area contributed by atoms with Crippen LogP contribution >= 0.6 is 11.6 Å². The van der Waals surface area contributed by atoms with Crippen molar-refractivity contribution in [3.05, 3.63) is 24.0 Å². The second-order valence-corrected chi connectivity index (χ2v) is 3.95. The Labute approximate surface area is 90.1 Å². The Balaban J connectivity index is 2.42.